The molecule has 0 spiro atoms. The summed E-state index contributed by atoms with van der Waals surface area (Å²) in [6, 6.07) is 18.7. The molecule has 0 heterocycles. The van der Waals surface area contributed by atoms with E-state index in [1.165, 1.54) is 24.1 Å². The first-order valence-corrected chi connectivity index (χ1v) is 14.2. The summed E-state index contributed by atoms with van der Waals surface area (Å²) in [6.07, 6.45) is 1.09. The van der Waals surface area contributed by atoms with Gasteiger partial charge < -0.3 is 10.2 Å². The molecule has 3 aromatic rings. The van der Waals surface area contributed by atoms with Crippen molar-refractivity contribution < 1.29 is 22.9 Å². The van der Waals surface area contributed by atoms with E-state index in [1.54, 1.807) is 31.2 Å². The van der Waals surface area contributed by atoms with Crippen molar-refractivity contribution in [2.75, 3.05) is 24.2 Å². The minimum Gasteiger partial charge on any atom is -0.357 e. The fraction of sp³-hybridized carbons (Fsp3) is 0.259. The molecule has 2 amide bonds. The van der Waals surface area contributed by atoms with Crippen molar-refractivity contribution in [3.8, 4) is 0 Å². The number of likely N-dealkylation sites (N-methyl/N-ethyl adjacent to an activating group) is 1. The van der Waals surface area contributed by atoms with Crippen LogP contribution in [-0.4, -0.2) is 55.9 Å². The minimum absolute atomic E-state index is 0.00560. The molecule has 3 rings (SSSR count). The molecule has 0 saturated carbocycles. The Morgan fingerprint density at radius 1 is 1.03 bits per heavy atom. The molecule has 12 heteroatoms. The van der Waals surface area contributed by atoms with E-state index in [2.05, 4.69) is 5.32 Å². The van der Waals surface area contributed by atoms with Crippen molar-refractivity contribution in [1.82, 2.24) is 10.2 Å². The van der Waals surface area contributed by atoms with Gasteiger partial charge in [-0.2, -0.15) is 0 Å². The smallest absolute Gasteiger partial charge is 0.271 e. The summed E-state index contributed by atoms with van der Waals surface area (Å²) < 4.78 is 26.6. The summed E-state index contributed by atoms with van der Waals surface area (Å²) in [4.78, 5) is 39.1. The summed E-state index contributed by atoms with van der Waals surface area (Å²) in [7, 11) is -2.60. The van der Waals surface area contributed by atoms with Crippen molar-refractivity contribution in [2.24, 2.45) is 0 Å². The second kappa shape index (κ2) is 12.7. The molecule has 0 radical (unpaired) electrons. The zero-order valence-corrected chi connectivity index (χ0v) is 23.3. The Morgan fingerprint density at radius 2 is 1.67 bits per heavy atom. The molecule has 0 saturated heterocycles. The molecule has 1 N–H and O–H groups in total. The predicted octanol–water partition coefficient (Wildman–Crippen LogP) is 3.71. The van der Waals surface area contributed by atoms with Crippen molar-refractivity contribution in [1.29, 1.82) is 0 Å². The number of hydrogen-bond donors (Lipinski definition) is 1. The maximum atomic E-state index is 13.9. The molecular weight excluding hydrogens is 544 g/mol. The van der Waals surface area contributed by atoms with E-state index < -0.39 is 39.3 Å². The molecule has 0 bridgehead atoms. The van der Waals surface area contributed by atoms with Crippen LogP contribution in [-0.2, 0) is 32.6 Å². The zero-order chi connectivity index (χ0) is 28.7. The normalized spacial score (nSPS) is 11.9. The predicted molar refractivity (Wildman–Crippen MR) is 150 cm³/mol. The van der Waals surface area contributed by atoms with E-state index in [1.807, 2.05) is 30.3 Å². The third kappa shape index (κ3) is 7.78. The van der Waals surface area contributed by atoms with Gasteiger partial charge in [-0.15, -0.1) is 0 Å². The number of amides is 2. The minimum atomic E-state index is -4.06. The van der Waals surface area contributed by atoms with E-state index in [9.17, 15) is 28.1 Å². The highest BCUT2D eigenvalue weighted by Crippen LogP contribution is 2.28. The molecule has 0 aromatic heterocycles. The molecular formula is C27H29ClN4O6S. The van der Waals surface area contributed by atoms with Crippen LogP contribution >= 0.6 is 11.6 Å². The lowest BCUT2D eigenvalue weighted by atomic mass is 10.0. The number of nitrogens with zero attached hydrogens (tertiary/aromatic N) is 3. The maximum absolute atomic E-state index is 13.9. The molecule has 1 atom stereocenters. The number of benzene rings is 3. The van der Waals surface area contributed by atoms with E-state index in [4.69, 9.17) is 11.6 Å². The van der Waals surface area contributed by atoms with E-state index in [0.29, 0.717) is 16.1 Å². The van der Waals surface area contributed by atoms with Crippen LogP contribution in [0.4, 0.5) is 11.4 Å². The average Bonchev–Trinajstić information content (AvgIpc) is 2.90. The van der Waals surface area contributed by atoms with Crippen LogP contribution < -0.4 is 9.62 Å². The SMILES string of the molecule is CNC(=O)[C@H](Cc1ccccc1)N(Cc1ccc(Cl)cc1)C(=O)CN(c1cc([N+](=O)[O-])ccc1C)S(C)(=O)=O. The number of anilines is 1. The largest absolute Gasteiger partial charge is 0.357 e. The van der Waals surface area contributed by atoms with Gasteiger partial charge in [0.05, 0.1) is 16.9 Å². The topological polar surface area (TPSA) is 130 Å². The van der Waals surface area contributed by atoms with Gasteiger partial charge in [-0.3, -0.25) is 24.0 Å². The van der Waals surface area contributed by atoms with Gasteiger partial charge in [0.15, 0.2) is 0 Å². The third-order valence-electron chi connectivity index (χ3n) is 6.14. The third-order valence-corrected chi connectivity index (χ3v) is 7.51. The summed E-state index contributed by atoms with van der Waals surface area (Å²) in [5.74, 6) is -1.09. The summed E-state index contributed by atoms with van der Waals surface area (Å²) in [5, 5.41) is 14.5. The number of nitro benzene ring substituents is 1. The second-order valence-corrected chi connectivity index (χ2v) is 11.3. The second-order valence-electron chi connectivity index (χ2n) is 8.97. The molecule has 39 heavy (non-hydrogen) atoms. The summed E-state index contributed by atoms with van der Waals surface area (Å²) in [5.41, 5.74) is 1.59. The number of rotatable bonds is 11. The molecule has 0 aliphatic rings. The zero-order valence-electron chi connectivity index (χ0n) is 21.7. The van der Waals surface area contributed by atoms with Crippen LogP contribution in [0.3, 0.4) is 0 Å². The van der Waals surface area contributed by atoms with Crippen LogP contribution in [0.2, 0.25) is 5.02 Å². The standard InChI is InChI=1S/C27H29ClN4O6S/c1-19-9-14-23(32(35)36)16-24(19)31(39(3,37)38)18-26(33)30(17-21-10-12-22(28)13-11-21)25(27(34)29-2)15-20-7-5-4-6-8-20/h4-14,16,25H,15,17-18H2,1-3H3,(H,29,34)/t25-/m0/s1. The summed E-state index contributed by atoms with van der Waals surface area (Å²) in [6.45, 7) is 0.916. The van der Waals surface area contributed by atoms with Gasteiger partial charge in [-0.25, -0.2) is 8.42 Å². The first-order valence-electron chi connectivity index (χ1n) is 11.9. The molecule has 0 aliphatic carbocycles. The van der Waals surface area contributed by atoms with Crippen molar-refractivity contribution in [2.45, 2.75) is 25.9 Å². The molecule has 0 aliphatic heterocycles. The monoisotopic (exact) mass is 572 g/mol. The molecule has 206 valence electrons. The highest BCUT2D eigenvalue weighted by atomic mass is 35.5. The quantitative estimate of drug-likeness (QED) is 0.275. The number of halogens is 1. The Labute approximate surface area is 232 Å². The lowest BCUT2D eigenvalue weighted by molar-refractivity contribution is -0.384. The van der Waals surface area contributed by atoms with Gasteiger partial charge in [-0.1, -0.05) is 60.1 Å². The number of carbonyl (C=O) groups excluding carboxylic acids is 2. The van der Waals surface area contributed by atoms with Crippen LogP contribution in [0.25, 0.3) is 0 Å². The number of nitro groups is 1. The number of carbonyl (C=O) groups is 2. The van der Waals surface area contributed by atoms with Crippen molar-refractivity contribution in [3.63, 3.8) is 0 Å². The van der Waals surface area contributed by atoms with Crippen molar-refractivity contribution >= 4 is 44.8 Å². The summed E-state index contributed by atoms with van der Waals surface area (Å²) >= 11 is 6.02. The molecule has 0 unspecified atom stereocenters. The average molecular weight is 573 g/mol. The highest BCUT2D eigenvalue weighted by Gasteiger charge is 2.33. The van der Waals surface area contributed by atoms with Gasteiger partial charge in [0.2, 0.25) is 21.8 Å². The number of sulfonamides is 1. The fourth-order valence-corrected chi connectivity index (χ4v) is 5.11. The van der Waals surface area contributed by atoms with Gasteiger partial charge in [0.25, 0.3) is 5.69 Å². The fourth-order valence-electron chi connectivity index (χ4n) is 4.08. The van der Waals surface area contributed by atoms with Crippen LogP contribution in [0.1, 0.15) is 16.7 Å². The van der Waals surface area contributed by atoms with Crippen LogP contribution in [0.5, 0.6) is 0 Å². The highest BCUT2D eigenvalue weighted by molar-refractivity contribution is 7.92. The van der Waals surface area contributed by atoms with Crippen molar-refractivity contribution in [3.05, 3.63) is 105 Å². The van der Waals surface area contributed by atoms with E-state index >= 15 is 0 Å². The lowest BCUT2D eigenvalue weighted by Crippen LogP contribution is -2.53. The number of non-ortho nitro benzene ring substituents is 1. The Hall–Kier alpha value is -3.96. The number of nitrogens with one attached hydrogen (secondary N) is 1. The Kier molecular flexibility index (Phi) is 9.66. The molecule has 0 fully saturated rings. The van der Waals surface area contributed by atoms with Crippen LogP contribution in [0.15, 0.2) is 72.8 Å². The first kappa shape index (κ1) is 29.6. The lowest BCUT2D eigenvalue weighted by Gasteiger charge is -2.33. The van der Waals surface area contributed by atoms with E-state index in [0.717, 1.165) is 22.2 Å². The first-order chi connectivity index (χ1) is 18.4. The van der Waals surface area contributed by atoms with Gasteiger partial charge in [-0.05, 0) is 35.7 Å². The molecule has 3 aromatic carbocycles. The van der Waals surface area contributed by atoms with Gasteiger partial charge >= 0.3 is 0 Å². The Balaban J connectivity index is 2.07. The Morgan fingerprint density at radius 3 is 2.23 bits per heavy atom. The Bertz CT molecular complexity index is 1450. The molecule has 10 nitrogen and oxygen atoms in total. The number of aryl methyl sites for hydroxylation is 1. The maximum Gasteiger partial charge on any atom is 0.271 e. The van der Waals surface area contributed by atoms with E-state index in [-0.39, 0.29) is 24.3 Å². The van der Waals surface area contributed by atoms with Gasteiger partial charge in [0, 0.05) is 37.2 Å². The van der Waals surface area contributed by atoms with Crippen LogP contribution in [0, 0.1) is 17.0 Å². The number of hydrogen-bond acceptors (Lipinski definition) is 6. The van der Waals surface area contributed by atoms with Gasteiger partial charge in [0.1, 0.15) is 12.6 Å².